The number of aryl methyl sites for hydroxylation is 4. The van der Waals surface area contributed by atoms with E-state index in [0.717, 1.165) is 80.9 Å². The van der Waals surface area contributed by atoms with Gasteiger partial charge in [0, 0.05) is 45.9 Å². The Hall–Kier alpha value is -1.09. The molecule has 2 fully saturated rings. The molecule has 6 rings (SSSR count). The molecule has 2 aromatic rings. The second kappa shape index (κ2) is 20.6. The van der Waals surface area contributed by atoms with Crippen molar-refractivity contribution in [3.8, 4) is 0 Å². The molecule has 19 heteroatoms. The summed E-state index contributed by atoms with van der Waals surface area (Å²) in [5.74, 6) is 1.08. The van der Waals surface area contributed by atoms with E-state index >= 15 is 0 Å². The van der Waals surface area contributed by atoms with Gasteiger partial charge in [-0.15, -0.1) is 0 Å². The van der Waals surface area contributed by atoms with E-state index in [2.05, 4.69) is 62.0 Å². The number of alkyl halides is 6. The molecule has 61 heavy (non-hydrogen) atoms. The predicted molar refractivity (Wildman–Crippen MR) is 245 cm³/mol. The number of benzene rings is 2. The molecule has 1 N–H and O–H groups in total. The topological polar surface area (TPSA) is 82.1 Å². The van der Waals surface area contributed by atoms with Gasteiger partial charge < -0.3 is 18.7 Å². The van der Waals surface area contributed by atoms with E-state index in [1.54, 1.807) is 0 Å². The van der Waals surface area contributed by atoms with E-state index in [0.29, 0.717) is 28.6 Å². The Labute approximate surface area is 386 Å². The smallest absolute Gasteiger partial charge is 0.412 e. The Morgan fingerprint density at radius 3 is 1.48 bits per heavy atom. The number of carbonyl (C=O) groups excluding carboxylic acids is 2. The number of rotatable bonds is 8. The lowest BCUT2D eigenvalue weighted by atomic mass is 9.73. The van der Waals surface area contributed by atoms with Gasteiger partial charge in [-0.3, -0.25) is 9.59 Å². The molecule has 0 spiro atoms. The molecule has 340 valence electrons. The highest BCUT2D eigenvalue weighted by molar-refractivity contribution is 9.10. The molecule has 0 aliphatic heterocycles. The third-order valence-corrected chi connectivity index (χ3v) is 15.2. The van der Waals surface area contributed by atoms with Crippen molar-refractivity contribution in [1.82, 2.24) is 0 Å². The fourth-order valence-electron chi connectivity index (χ4n) is 9.07. The molecule has 6 nitrogen and oxygen atoms in total. The Balaban J connectivity index is 0.000000228. The summed E-state index contributed by atoms with van der Waals surface area (Å²) in [7, 11) is 0. The van der Waals surface area contributed by atoms with Crippen molar-refractivity contribution < 1.29 is 54.6 Å². The van der Waals surface area contributed by atoms with Gasteiger partial charge in [0.15, 0.2) is 18.2 Å². The monoisotopic (exact) mass is 1080 g/mol. The van der Waals surface area contributed by atoms with Gasteiger partial charge in [0.1, 0.15) is 23.7 Å². The Kier molecular flexibility index (Phi) is 17.7. The molecule has 2 saturated carbocycles. The lowest BCUT2D eigenvalue weighted by molar-refractivity contribution is -0.153. The third-order valence-electron chi connectivity index (χ3n) is 11.4. The van der Waals surface area contributed by atoms with E-state index in [-0.39, 0.29) is 41.2 Å². The molecule has 4 aliphatic rings. The van der Waals surface area contributed by atoms with Crippen LogP contribution in [-0.4, -0.2) is 55.6 Å². The number of fused-ring (bicyclic) bond motifs is 2. The molecule has 0 radical (unpaired) electrons. The molecule has 0 bridgehead atoms. The number of hydrogen-bond donors (Lipinski definition) is 1. The lowest BCUT2D eigenvalue weighted by Gasteiger charge is -2.32. The van der Waals surface area contributed by atoms with Crippen molar-refractivity contribution in [2.75, 3.05) is 26.5 Å². The van der Waals surface area contributed by atoms with Crippen LogP contribution in [0.5, 0.6) is 0 Å². The number of allylic oxidation sites excluding steroid dienone is 4. The van der Waals surface area contributed by atoms with Crippen molar-refractivity contribution >= 4 is 102 Å². The minimum atomic E-state index is -4.49. The average molecular weight is 1090 g/mol. The van der Waals surface area contributed by atoms with Crippen LogP contribution in [0.2, 0.25) is 0 Å². The number of carbonyl (C=O) groups is 2. The molecule has 2 aromatic carbocycles. The van der Waals surface area contributed by atoms with Gasteiger partial charge in [0.2, 0.25) is 6.49 Å². The van der Waals surface area contributed by atoms with Gasteiger partial charge in [0.05, 0.1) is 11.1 Å². The molecule has 0 saturated heterocycles. The van der Waals surface area contributed by atoms with Crippen molar-refractivity contribution in [1.29, 1.82) is 0 Å². The zero-order chi connectivity index (χ0) is 46.2. The van der Waals surface area contributed by atoms with E-state index in [9.17, 15) is 41.0 Å². The van der Waals surface area contributed by atoms with Crippen LogP contribution in [0, 0.1) is 63.2 Å². The molecule has 8 atom stereocenters. The summed E-state index contributed by atoms with van der Waals surface area (Å²) in [4.78, 5) is 26.5. The first-order valence-electron chi connectivity index (χ1n) is 19.7. The summed E-state index contributed by atoms with van der Waals surface area (Å²) in [6.07, 6.45) is -3.08. The zero-order valence-electron chi connectivity index (χ0n) is 35.0. The first-order chi connectivity index (χ1) is 27.9. The number of aliphatic hydroxyl groups excluding tert-OH is 1. The number of ketones is 2. The maximum Gasteiger partial charge on any atom is 0.412 e. The first-order valence-corrected chi connectivity index (χ1v) is 28.4. The quantitative estimate of drug-likeness (QED) is 0.207. The Morgan fingerprint density at radius 1 is 0.705 bits per heavy atom. The lowest BCUT2D eigenvalue weighted by Crippen LogP contribution is -2.29. The van der Waals surface area contributed by atoms with Crippen molar-refractivity contribution in [3.63, 3.8) is 0 Å². The molecular formula is C42H51Br2ClF6O6P2S2. The summed E-state index contributed by atoms with van der Waals surface area (Å²) >= 11 is 21.9. The van der Waals surface area contributed by atoms with Crippen LogP contribution < -0.4 is 0 Å². The molecular weight excluding hydrogens is 1040 g/mol. The van der Waals surface area contributed by atoms with Crippen molar-refractivity contribution in [2.24, 2.45) is 35.5 Å². The summed E-state index contributed by atoms with van der Waals surface area (Å²) in [6.45, 7) is 8.64. The minimum absolute atomic E-state index is 0.00143. The van der Waals surface area contributed by atoms with Crippen LogP contribution >= 0.6 is 55.2 Å². The van der Waals surface area contributed by atoms with E-state index in [1.807, 2.05) is 52.0 Å². The SMILES string of the molecule is CP(=S)(Cl)OCC(F)(F)F.Cc1cc(Br)cc(C)c1C1=C(O)C2CCCC(C)C2C1=O.Cc1cc(Br)cc(C)c1C1=C(OP(C)(=S)OCC(F)(F)F)C2CCCC(C)C2C1=O. The number of halogens is 9. The normalized spacial score (nSPS) is 26.0. The van der Waals surface area contributed by atoms with Crippen LogP contribution in [0.15, 0.2) is 44.7 Å². The van der Waals surface area contributed by atoms with Crippen LogP contribution in [0.25, 0.3) is 11.1 Å². The van der Waals surface area contributed by atoms with Crippen LogP contribution in [-0.2, 0) is 46.8 Å². The highest BCUT2D eigenvalue weighted by Crippen LogP contribution is 2.57. The van der Waals surface area contributed by atoms with E-state index < -0.39 is 37.7 Å². The minimum Gasteiger partial charge on any atom is -0.511 e. The maximum atomic E-state index is 13.6. The van der Waals surface area contributed by atoms with Gasteiger partial charge in [-0.25, -0.2) is 0 Å². The fourth-order valence-corrected chi connectivity index (χ4v) is 12.5. The van der Waals surface area contributed by atoms with E-state index in [1.165, 1.54) is 13.3 Å². The third kappa shape index (κ3) is 13.7. The Bertz CT molecular complexity index is 2130. The largest absolute Gasteiger partial charge is 0.511 e. The van der Waals surface area contributed by atoms with Crippen molar-refractivity contribution in [3.05, 3.63) is 78.1 Å². The van der Waals surface area contributed by atoms with Gasteiger partial charge >= 0.3 is 12.4 Å². The predicted octanol–water partition coefficient (Wildman–Crippen LogP) is 14.7. The maximum absolute atomic E-state index is 13.6. The summed E-state index contributed by atoms with van der Waals surface area (Å²) in [5, 5.41) is 10.7. The number of Topliss-reactive ketones (excluding diaryl/α,β-unsaturated/α-hetero) is 2. The Morgan fingerprint density at radius 2 is 1.08 bits per heavy atom. The van der Waals surface area contributed by atoms with Gasteiger partial charge in [-0.05, 0) is 135 Å². The van der Waals surface area contributed by atoms with E-state index in [4.69, 9.17) is 32.1 Å². The van der Waals surface area contributed by atoms with Crippen LogP contribution in [0.1, 0.15) is 85.8 Å². The number of hydrogen-bond acceptors (Lipinski definition) is 8. The summed E-state index contributed by atoms with van der Waals surface area (Å²) in [6, 6.07) is 7.88. The molecule has 0 heterocycles. The van der Waals surface area contributed by atoms with Gasteiger partial charge in [0.25, 0.3) is 0 Å². The molecule has 0 aromatic heterocycles. The average Bonchev–Trinajstić information content (AvgIpc) is 3.51. The molecule has 4 aliphatic carbocycles. The highest BCUT2D eigenvalue weighted by Gasteiger charge is 2.50. The van der Waals surface area contributed by atoms with Crippen molar-refractivity contribution in [2.45, 2.75) is 92.4 Å². The van der Waals surface area contributed by atoms with Gasteiger partial charge in [-0.1, -0.05) is 81.6 Å². The molecule has 8 unspecified atom stereocenters. The van der Waals surface area contributed by atoms with Gasteiger partial charge in [-0.2, -0.15) is 26.3 Å². The number of aliphatic hydroxyl groups is 1. The van der Waals surface area contributed by atoms with Crippen LogP contribution in [0.3, 0.4) is 0 Å². The van der Waals surface area contributed by atoms with Crippen LogP contribution in [0.4, 0.5) is 26.3 Å². The summed E-state index contributed by atoms with van der Waals surface area (Å²) < 4.78 is 89.3. The summed E-state index contributed by atoms with van der Waals surface area (Å²) in [5.41, 5.74) is 3.98. The second-order valence-electron chi connectivity index (χ2n) is 16.5. The standard InChI is InChI=1S/C21H25BrF3O3PS.C18H21BrO2.C3H5ClF3OPS/c1-11-6-5-7-15-17(11)19(26)18(16-12(2)8-14(22)9-13(16)3)20(15)28-29(4,30)27-10-21(23,24)25;1-9-5-4-6-13-15(9)18(21)16(17(13)20)14-10(2)7-12(19)8-11(14)3;1-9(4,10)8-2-3(5,6)7/h8-9,11,15,17H,5-7,10H2,1-4H3;7-9,13,15,20H,4-6H2,1-3H3;2H2,1H3. The highest BCUT2D eigenvalue weighted by atomic mass is 79.9. The zero-order valence-corrected chi connectivity index (χ0v) is 42.4. The first kappa shape index (κ1) is 52.5. The molecule has 0 amide bonds. The fraction of sp³-hybridized carbons (Fsp3) is 0.571. The second-order valence-corrected chi connectivity index (χ2v) is 28.7.